The summed E-state index contributed by atoms with van der Waals surface area (Å²) >= 11 is 0. The molecule has 1 aliphatic rings. The van der Waals surface area contributed by atoms with E-state index in [2.05, 4.69) is 48.1 Å². The molecular formula is C15H21N3. The molecule has 2 aromatic rings. The lowest BCUT2D eigenvalue weighted by Gasteiger charge is -2.27. The van der Waals surface area contributed by atoms with Crippen LogP contribution in [-0.4, -0.2) is 22.1 Å². The number of nitrogens with one attached hydrogen (secondary N) is 1. The second-order valence-electron chi connectivity index (χ2n) is 5.56. The van der Waals surface area contributed by atoms with Gasteiger partial charge in [0.15, 0.2) is 0 Å². The molecule has 0 saturated carbocycles. The Morgan fingerprint density at radius 1 is 1.39 bits per heavy atom. The number of aromatic nitrogens is 2. The van der Waals surface area contributed by atoms with Crippen molar-refractivity contribution >= 4 is 11.0 Å². The molecule has 1 aromatic carbocycles. The van der Waals surface area contributed by atoms with Crippen LogP contribution >= 0.6 is 0 Å². The highest BCUT2D eigenvalue weighted by Crippen LogP contribution is 2.20. The van der Waals surface area contributed by atoms with Gasteiger partial charge < -0.3 is 9.88 Å². The van der Waals surface area contributed by atoms with Crippen molar-refractivity contribution in [2.75, 3.05) is 6.54 Å². The smallest absolute Gasteiger partial charge is 0.111 e. The molecule has 0 radical (unpaired) electrons. The number of aryl methyl sites for hydroxylation is 1. The fourth-order valence-electron chi connectivity index (χ4n) is 2.97. The van der Waals surface area contributed by atoms with Crippen LogP contribution in [0.25, 0.3) is 11.0 Å². The lowest BCUT2D eigenvalue weighted by Crippen LogP contribution is -2.39. The predicted molar refractivity (Wildman–Crippen MR) is 74.6 cm³/mol. The largest absolute Gasteiger partial charge is 0.331 e. The van der Waals surface area contributed by atoms with Gasteiger partial charge in [0.1, 0.15) is 5.82 Å². The standard InChI is InChI=1S/C15H21N3/c1-11-7-8-16-12(9-11)10-15-17-13-5-3-4-6-14(13)18(15)2/h3-6,11-12,16H,7-10H2,1-2H3. The maximum atomic E-state index is 4.75. The summed E-state index contributed by atoms with van der Waals surface area (Å²) in [5.74, 6) is 2.04. The highest BCUT2D eigenvalue weighted by Gasteiger charge is 2.20. The molecule has 96 valence electrons. The Kier molecular flexibility index (Phi) is 3.08. The zero-order valence-corrected chi connectivity index (χ0v) is 11.2. The van der Waals surface area contributed by atoms with Crippen molar-refractivity contribution in [2.45, 2.75) is 32.2 Å². The second kappa shape index (κ2) is 4.73. The van der Waals surface area contributed by atoms with Gasteiger partial charge in [0.05, 0.1) is 11.0 Å². The fraction of sp³-hybridized carbons (Fsp3) is 0.533. The molecule has 2 heterocycles. The molecule has 3 heteroatoms. The Bertz CT molecular complexity index is 544. The highest BCUT2D eigenvalue weighted by molar-refractivity contribution is 5.75. The van der Waals surface area contributed by atoms with Crippen molar-refractivity contribution in [2.24, 2.45) is 13.0 Å². The van der Waals surface area contributed by atoms with Crippen molar-refractivity contribution in [1.82, 2.24) is 14.9 Å². The van der Waals surface area contributed by atoms with E-state index in [4.69, 9.17) is 4.98 Å². The number of piperidine rings is 1. The molecule has 0 spiro atoms. The number of imidazole rings is 1. The molecule has 3 rings (SSSR count). The average Bonchev–Trinajstić information content (AvgIpc) is 2.67. The zero-order chi connectivity index (χ0) is 12.5. The highest BCUT2D eigenvalue weighted by atomic mass is 15.1. The molecule has 0 amide bonds. The van der Waals surface area contributed by atoms with Gasteiger partial charge in [-0.3, -0.25) is 0 Å². The number of fused-ring (bicyclic) bond motifs is 1. The summed E-state index contributed by atoms with van der Waals surface area (Å²) in [5, 5.41) is 3.62. The quantitative estimate of drug-likeness (QED) is 0.878. The topological polar surface area (TPSA) is 29.9 Å². The number of hydrogen-bond acceptors (Lipinski definition) is 2. The number of hydrogen-bond donors (Lipinski definition) is 1. The Hall–Kier alpha value is -1.35. The summed E-state index contributed by atoms with van der Waals surface area (Å²) in [5.41, 5.74) is 2.34. The van der Waals surface area contributed by atoms with Gasteiger partial charge in [-0.15, -0.1) is 0 Å². The van der Waals surface area contributed by atoms with Crippen LogP contribution < -0.4 is 5.32 Å². The van der Waals surface area contributed by atoms with E-state index in [0.29, 0.717) is 6.04 Å². The van der Waals surface area contributed by atoms with Crippen LogP contribution in [0, 0.1) is 5.92 Å². The molecule has 0 bridgehead atoms. The van der Waals surface area contributed by atoms with E-state index in [1.165, 1.54) is 24.2 Å². The lowest BCUT2D eigenvalue weighted by atomic mass is 9.92. The summed E-state index contributed by atoms with van der Waals surface area (Å²) in [6, 6.07) is 8.96. The molecule has 1 aliphatic heterocycles. The van der Waals surface area contributed by atoms with E-state index in [9.17, 15) is 0 Å². The minimum absolute atomic E-state index is 0.587. The minimum atomic E-state index is 0.587. The maximum absolute atomic E-state index is 4.75. The Morgan fingerprint density at radius 3 is 3.00 bits per heavy atom. The van der Waals surface area contributed by atoms with Crippen molar-refractivity contribution in [1.29, 1.82) is 0 Å². The molecule has 1 N–H and O–H groups in total. The molecule has 18 heavy (non-hydrogen) atoms. The van der Waals surface area contributed by atoms with E-state index < -0.39 is 0 Å². The molecule has 1 saturated heterocycles. The predicted octanol–water partition coefficient (Wildman–Crippen LogP) is 2.50. The lowest BCUT2D eigenvalue weighted by molar-refractivity contribution is 0.314. The van der Waals surface area contributed by atoms with Crippen molar-refractivity contribution in [3.63, 3.8) is 0 Å². The Labute approximate surface area is 108 Å². The van der Waals surface area contributed by atoms with E-state index in [-0.39, 0.29) is 0 Å². The van der Waals surface area contributed by atoms with Crippen LogP contribution in [-0.2, 0) is 13.5 Å². The average molecular weight is 243 g/mol. The summed E-state index contributed by atoms with van der Waals surface area (Å²) < 4.78 is 2.23. The normalized spacial score (nSPS) is 24.6. The molecule has 3 nitrogen and oxygen atoms in total. The number of benzene rings is 1. The third-order valence-electron chi connectivity index (χ3n) is 4.07. The molecule has 2 unspecified atom stereocenters. The summed E-state index contributed by atoms with van der Waals surface area (Å²) in [6.07, 6.45) is 3.61. The van der Waals surface area contributed by atoms with E-state index in [1.807, 2.05) is 0 Å². The molecule has 0 aliphatic carbocycles. The Morgan fingerprint density at radius 2 is 2.22 bits per heavy atom. The first kappa shape index (κ1) is 11.7. The number of rotatable bonds is 2. The van der Waals surface area contributed by atoms with Gasteiger partial charge in [-0.2, -0.15) is 0 Å². The summed E-state index contributed by atoms with van der Waals surface area (Å²) in [4.78, 5) is 4.75. The monoisotopic (exact) mass is 243 g/mol. The van der Waals surface area contributed by atoms with Gasteiger partial charge in [-0.1, -0.05) is 19.1 Å². The maximum Gasteiger partial charge on any atom is 0.111 e. The zero-order valence-electron chi connectivity index (χ0n) is 11.2. The van der Waals surface area contributed by atoms with Gasteiger partial charge in [-0.25, -0.2) is 4.98 Å². The van der Waals surface area contributed by atoms with Crippen molar-refractivity contribution in [3.8, 4) is 0 Å². The molecule has 1 aromatic heterocycles. The SMILES string of the molecule is CC1CCNC(Cc2nc3ccccc3n2C)C1. The van der Waals surface area contributed by atoms with Gasteiger partial charge in [0.2, 0.25) is 0 Å². The first-order valence-corrected chi connectivity index (χ1v) is 6.88. The van der Waals surface area contributed by atoms with Crippen LogP contribution in [0.15, 0.2) is 24.3 Å². The van der Waals surface area contributed by atoms with E-state index in [0.717, 1.165) is 24.4 Å². The minimum Gasteiger partial charge on any atom is -0.331 e. The molecule has 1 fully saturated rings. The molecular weight excluding hydrogens is 222 g/mol. The van der Waals surface area contributed by atoms with Crippen LogP contribution in [0.2, 0.25) is 0 Å². The molecule has 2 atom stereocenters. The van der Waals surface area contributed by atoms with Crippen LogP contribution in [0.5, 0.6) is 0 Å². The van der Waals surface area contributed by atoms with Gasteiger partial charge >= 0.3 is 0 Å². The van der Waals surface area contributed by atoms with E-state index in [1.54, 1.807) is 0 Å². The second-order valence-corrected chi connectivity index (χ2v) is 5.56. The first-order chi connectivity index (χ1) is 8.74. The van der Waals surface area contributed by atoms with Gasteiger partial charge in [-0.05, 0) is 37.4 Å². The number of para-hydroxylation sites is 2. The third-order valence-corrected chi connectivity index (χ3v) is 4.07. The fourth-order valence-corrected chi connectivity index (χ4v) is 2.97. The van der Waals surface area contributed by atoms with Crippen LogP contribution in [0.3, 0.4) is 0 Å². The Balaban J connectivity index is 1.84. The first-order valence-electron chi connectivity index (χ1n) is 6.88. The summed E-state index contributed by atoms with van der Waals surface area (Å²) in [6.45, 7) is 3.50. The van der Waals surface area contributed by atoms with Crippen molar-refractivity contribution < 1.29 is 0 Å². The van der Waals surface area contributed by atoms with Crippen LogP contribution in [0.4, 0.5) is 0 Å². The van der Waals surface area contributed by atoms with Gasteiger partial charge in [0.25, 0.3) is 0 Å². The third kappa shape index (κ3) is 2.15. The summed E-state index contributed by atoms with van der Waals surface area (Å²) in [7, 11) is 2.12. The number of nitrogens with zero attached hydrogens (tertiary/aromatic N) is 2. The van der Waals surface area contributed by atoms with Crippen molar-refractivity contribution in [3.05, 3.63) is 30.1 Å². The van der Waals surface area contributed by atoms with E-state index >= 15 is 0 Å². The van der Waals surface area contributed by atoms with Gasteiger partial charge in [0, 0.05) is 19.5 Å². The van der Waals surface area contributed by atoms with Crippen LogP contribution in [0.1, 0.15) is 25.6 Å².